The van der Waals surface area contributed by atoms with Crippen LogP contribution in [0.3, 0.4) is 0 Å². The molecule has 4 rings (SSSR count). The van der Waals surface area contributed by atoms with Gasteiger partial charge in [0.2, 0.25) is 0 Å². The van der Waals surface area contributed by atoms with Crippen molar-refractivity contribution in [2.75, 3.05) is 13.1 Å². The van der Waals surface area contributed by atoms with Crippen molar-refractivity contribution < 1.29 is 9.59 Å². The number of hydrogen-bond acceptors (Lipinski definition) is 3. The van der Waals surface area contributed by atoms with Crippen molar-refractivity contribution in [2.45, 2.75) is 63.8 Å². The van der Waals surface area contributed by atoms with E-state index in [9.17, 15) is 9.59 Å². The van der Waals surface area contributed by atoms with E-state index in [2.05, 4.69) is 4.90 Å². The minimum Gasteiger partial charge on any atom is -0.366 e. The fourth-order valence-electron chi connectivity index (χ4n) is 4.66. The smallest absolute Gasteiger partial charge is 0.278 e. The molecular weight excluding hydrogens is 324 g/mol. The number of carbonyl (C=O) groups is 2. The summed E-state index contributed by atoms with van der Waals surface area (Å²) in [6.45, 7) is 1.76. The maximum atomic E-state index is 13.4. The Kier molecular flexibility index (Phi) is 5.09. The number of benzene rings is 1. The Hall–Kier alpha value is -2.10. The first-order valence-electron chi connectivity index (χ1n) is 10.2. The van der Waals surface area contributed by atoms with Gasteiger partial charge >= 0.3 is 0 Å². The van der Waals surface area contributed by atoms with E-state index in [-0.39, 0.29) is 17.9 Å². The summed E-state index contributed by atoms with van der Waals surface area (Å²) in [7, 11) is 0. The Morgan fingerprint density at radius 2 is 1.35 bits per heavy atom. The molecule has 1 aromatic rings. The predicted molar refractivity (Wildman–Crippen MR) is 102 cm³/mol. The van der Waals surface area contributed by atoms with Crippen LogP contribution in [0, 0.1) is 0 Å². The number of nitrogens with zero attached hydrogens (tertiary/aromatic N) is 2. The summed E-state index contributed by atoms with van der Waals surface area (Å²) in [6.07, 6.45) is 10.0. The highest BCUT2D eigenvalue weighted by molar-refractivity contribution is 6.35. The topological polar surface area (TPSA) is 40.6 Å². The number of imide groups is 1. The number of hydrogen-bond donors (Lipinski definition) is 0. The van der Waals surface area contributed by atoms with Crippen molar-refractivity contribution in [3.8, 4) is 0 Å². The van der Waals surface area contributed by atoms with Gasteiger partial charge in [0, 0.05) is 19.1 Å². The molecular formula is C22H28N2O2. The Labute approximate surface area is 155 Å². The molecule has 1 saturated carbocycles. The standard InChI is InChI=1S/C22H28N2O2/c25-21-19(17-11-5-4-6-12-17)20(23-15-9-10-16-23)22(26)24(21)18-13-7-2-1-3-8-14-18/h4-6,11-12,18H,1-3,7-10,13-16H2. The molecule has 2 aliphatic heterocycles. The molecule has 1 saturated heterocycles. The Bertz CT molecular complexity index is 696. The normalized spacial score (nSPS) is 22.9. The molecule has 1 aromatic carbocycles. The second kappa shape index (κ2) is 7.65. The molecule has 2 heterocycles. The quantitative estimate of drug-likeness (QED) is 0.773. The lowest BCUT2D eigenvalue weighted by molar-refractivity contribution is -0.140. The van der Waals surface area contributed by atoms with Crippen LogP contribution in [0.1, 0.15) is 63.4 Å². The molecule has 0 unspecified atom stereocenters. The molecule has 3 aliphatic rings. The summed E-state index contributed by atoms with van der Waals surface area (Å²) >= 11 is 0. The summed E-state index contributed by atoms with van der Waals surface area (Å²) in [5.41, 5.74) is 2.15. The van der Waals surface area contributed by atoms with Gasteiger partial charge in [-0.25, -0.2) is 0 Å². The molecule has 2 amide bonds. The van der Waals surface area contributed by atoms with E-state index >= 15 is 0 Å². The van der Waals surface area contributed by atoms with Gasteiger partial charge < -0.3 is 4.90 Å². The van der Waals surface area contributed by atoms with Crippen molar-refractivity contribution >= 4 is 17.4 Å². The van der Waals surface area contributed by atoms with Gasteiger partial charge in [0.15, 0.2) is 0 Å². The van der Waals surface area contributed by atoms with Crippen LogP contribution >= 0.6 is 0 Å². The molecule has 138 valence electrons. The monoisotopic (exact) mass is 352 g/mol. The zero-order valence-electron chi connectivity index (χ0n) is 15.5. The van der Waals surface area contributed by atoms with Crippen molar-refractivity contribution in [2.24, 2.45) is 0 Å². The molecule has 0 N–H and O–H groups in total. The summed E-state index contributed by atoms with van der Waals surface area (Å²) < 4.78 is 0. The van der Waals surface area contributed by atoms with Crippen molar-refractivity contribution in [1.82, 2.24) is 9.80 Å². The third kappa shape index (κ3) is 3.17. The van der Waals surface area contributed by atoms with E-state index in [1.54, 1.807) is 4.90 Å². The molecule has 26 heavy (non-hydrogen) atoms. The Balaban J connectivity index is 1.70. The van der Waals surface area contributed by atoms with Gasteiger partial charge in [0.1, 0.15) is 5.70 Å². The highest BCUT2D eigenvalue weighted by atomic mass is 16.2. The molecule has 1 aliphatic carbocycles. The van der Waals surface area contributed by atoms with E-state index < -0.39 is 0 Å². The van der Waals surface area contributed by atoms with Gasteiger partial charge in [0.05, 0.1) is 5.57 Å². The molecule has 0 bridgehead atoms. The van der Waals surface area contributed by atoms with E-state index in [4.69, 9.17) is 0 Å². The fraction of sp³-hybridized carbons (Fsp3) is 0.545. The number of rotatable bonds is 3. The summed E-state index contributed by atoms with van der Waals surface area (Å²) in [5.74, 6) is -0.130. The second-order valence-electron chi connectivity index (χ2n) is 7.76. The van der Waals surface area contributed by atoms with Crippen LogP contribution in [0.4, 0.5) is 0 Å². The van der Waals surface area contributed by atoms with Gasteiger partial charge in [-0.15, -0.1) is 0 Å². The lowest BCUT2D eigenvalue weighted by atomic mass is 9.95. The molecule has 0 aromatic heterocycles. The molecule has 4 heteroatoms. The van der Waals surface area contributed by atoms with Gasteiger partial charge in [0.25, 0.3) is 11.8 Å². The first-order chi connectivity index (χ1) is 12.8. The van der Waals surface area contributed by atoms with E-state index in [0.717, 1.165) is 57.2 Å². The Morgan fingerprint density at radius 1 is 0.731 bits per heavy atom. The molecule has 2 fully saturated rings. The molecule has 4 nitrogen and oxygen atoms in total. The van der Waals surface area contributed by atoms with Crippen molar-refractivity contribution in [3.63, 3.8) is 0 Å². The van der Waals surface area contributed by atoms with E-state index in [1.807, 2.05) is 30.3 Å². The first-order valence-corrected chi connectivity index (χ1v) is 10.2. The van der Waals surface area contributed by atoms with Crippen LogP contribution in [-0.2, 0) is 9.59 Å². The lowest BCUT2D eigenvalue weighted by Gasteiger charge is -2.29. The molecule has 0 atom stereocenters. The van der Waals surface area contributed by atoms with Crippen LogP contribution in [0.5, 0.6) is 0 Å². The van der Waals surface area contributed by atoms with Crippen LogP contribution in [-0.4, -0.2) is 40.7 Å². The Morgan fingerprint density at radius 3 is 2.00 bits per heavy atom. The highest BCUT2D eigenvalue weighted by Crippen LogP contribution is 2.36. The first kappa shape index (κ1) is 17.3. The van der Waals surface area contributed by atoms with Crippen LogP contribution in [0.15, 0.2) is 36.0 Å². The number of amides is 2. The third-order valence-corrected chi connectivity index (χ3v) is 6.02. The highest BCUT2D eigenvalue weighted by Gasteiger charge is 2.44. The second-order valence-corrected chi connectivity index (χ2v) is 7.76. The van der Waals surface area contributed by atoms with Gasteiger partial charge in [-0.1, -0.05) is 62.4 Å². The zero-order chi connectivity index (χ0) is 17.9. The van der Waals surface area contributed by atoms with Gasteiger partial charge in [-0.05, 0) is 31.2 Å². The van der Waals surface area contributed by atoms with Gasteiger partial charge in [-0.2, -0.15) is 0 Å². The number of carbonyl (C=O) groups excluding carboxylic acids is 2. The van der Waals surface area contributed by atoms with Crippen molar-refractivity contribution in [1.29, 1.82) is 0 Å². The number of likely N-dealkylation sites (tertiary alicyclic amines) is 1. The van der Waals surface area contributed by atoms with E-state index in [1.165, 1.54) is 19.3 Å². The lowest BCUT2D eigenvalue weighted by Crippen LogP contribution is -2.42. The maximum Gasteiger partial charge on any atom is 0.278 e. The summed E-state index contributed by atoms with van der Waals surface area (Å²) in [6, 6.07) is 9.82. The van der Waals surface area contributed by atoms with Crippen LogP contribution in [0.2, 0.25) is 0 Å². The molecule has 0 radical (unpaired) electrons. The van der Waals surface area contributed by atoms with Crippen molar-refractivity contribution in [3.05, 3.63) is 41.6 Å². The third-order valence-electron chi connectivity index (χ3n) is 6.02. The average molecular weight is 352 g/mol. The summed E-state index contributed by atoms with van der Waals surface area (Å²) in [4.78, 5) is 30.5. The van der Waals surface area contributed by atoms with Crippen LogP contribution in [0.25, 0.3) is 5.57 Å². The summed E-state index contributed by atoms with van der Waals surface area (Å²) in [5, 5.41) is 0. The maximum absolute atomic E-state index is 13.4. The fourth-order valence-corrected chi connectivity index (χ4v) is 4.66. The predicted octanol–water partition coefficient (Wildman–Crippen LogP) is 3.98. The van der Waals surface area contributed by atoms with Gasteiger partial charge in [-0.3, -0.25) is 14.5 Å². The average Bonchev–Trinajstić information content (AvgIpc) is 3.23. The zero-order valence-corrected chi connectivity index (χ0v) is 15.5. The van der Waals surface area contributed by atoms with Crippen LogP contribution < -0.4 is 0 Å². The minimum absolute atomic E-state index is 0.0543. The largest absolute Gasteiger partial charge is 0.366 e. The molecule has 0 spiro atoms. The minimum atomic E-state index is -0.0753. The SMILES string of the molecule is O=C1C(c2ccccc2)=C(N2CCCC2)C(=O)N1C1CCCCCCC1. The van der Waals surface area contributed by atoms with E-state index in [0.29, 0.717) is 11.3 Å².